The number of amides is 1. The van der Waals surface area contributed by atoms with Gasteiger partial charge in [-0.3, -0.25) is 4.79 Å². The molecular weight excluding hydrogens is 275 g/mol. The van der Waals surface area contributed by atoms with Crippen molar-refractivity contribution in [1.82, 2.24) is 9.88 Å². The van der Waals surface area contributed by atoms with Crippen molar-refractivity contribution in [3.05, 3.63) is 65.2 Å². The largest absolute Gasteiger partial charge is 0.477 e. The van der Waals surface area contributed by atoms with Crippen LogP contribution in [-0.2, 0) is 6.54 Å². The minimum absolute atomic E-state index is 0.117. The maximum absolute atomic E-state index is 13.5. The molecule has 5 nitrogen and oxygen atoms in total. The molecule has 0 atom stereocenters. The van der Waals surface area contributed by atoms with Gasteiger partial charge in [-0.05, 0) is 18.2 Å². The lowest BCUT2D eigenvalue weighted by molar-refractivity contribution is 0.0688. The molecular formula is C15H13FN2O3. The number of benzene rings is 1. The molecule has 1 N–H and O–H groups in total. The average molecular weight is 288 g/mol. The Hall–Kier alpha value is -2.76. The summed E-state index contributed by atoms with van der Waals surface area (Å²) in [4.78, 5) is 27.9. The molecule has 2 aromatic rings. The molecule has 1 heterocycles. The topological polar surface area (TPSA) is 70.5 Å². The van der Waals surface area contributed by atoms with Gasteiger partial charge in [0.15, 0.2) is 0 Å². The van der Waals surface area contributed by atoms with E-state index in [9.17, 15) is 14.0 Å². The van der Waals surface area contributed by atoms with Crippen molar-refractivity contribution < 1.29 is 19.1 Å². The zero-order valence-electron chi connectivity index (χ0n) is 11.3. The van der Waals surface area contributed by atoms with Crippen LogP contribution in [0.4, 0.5) is 4.39 Å². The summed E-state index contributed by atoms with van der Waals surface area (Å²) in [5, 5.41) is 8.75. The fraction of sp³-hybridized carbons (Fsp3) is 0.133. The molecule has 0 spiro atoms. The number of carbonyl (C=O) groups is 2. The quantitative estimate of drug-likeness (QED) is 0.936. The first-order valence-electron chi connectivity index (χ1n) is 6.17. The number of aromatic nitrogens is 1. The molecule has 0 saturated carbocycles. The van der Waals surface area contributed by atoms with Crippen LogP contribution in [0.15, 0.2) is 42.6 Å². The molecule has 0 aliphatic heterocycles. The van der Waals surface area contributed by atoms with Gasteiger partial charge in [0.25, 0.3) is 5.91 Å². The summed E-state index contributed by atoms with van der Waals surface area (Å²) in [6, 6.07) is 8.85. The van der Waals surface area contributed by atoms with Crippen LogP contribution in [0.25, 0.3) is 0 Å². The predicted octanol–water partition coefficient (Wildman–Crippen LogP) is 2.19. The molecule has 0 fully saturated rings. The van der Waals surface area contributed by atoms with Crippen molar-refractivity contribution >= 4 is 11.9 Å². The van der Waals surface area contributed by atoms with Crippen LogP contribution in [0.2, 0.25) is 0 Å². The first kappa shape index (κ1) is 14.6. The highest BCUT2D eigenvalue weighted by Gasteiger charge is 2.15. The SMILES string of the molecule is CN(Cc1ccccc1F)C(=O)c1ccc(C(=O)O)nc1. The number of hydrogen-bond acceptors (Lipinski definition) is 3. The number of rotatable bonds is 4. The zero-order valence-corrected chi connectivity index (χ0v) is 11.3. The average Bonchev–Trinajstić information content (AvgIpc) is 2.49. The monoisotopic (exact) mass is 288 g/mol. The molecule has 1 aromatic carbocycles. The van der Waals surface area contributed by atoms with E-state index in [1.807, 2.05) is 0 Å². The Balaban J connectivity index is 2.12. The van der Waals surface area contributed by atoms with E-state index in [4.69, 9.17) is 5.11 Å². The first-order chi connectivity index (χ1) is 9.99. The zero-order chi connectivity index (χ0) is 15.4. The van der Waals surface area contributed by atoms with Crippen LogP contribution in [0, 0.1) is 5.82 Å². The molecule has 108 valence electrons. The van der Waals surface area contributed by atoms with Crippen molar-refractivity contribution in [3.63, 3.8) is 0 Å². The van der Waals surface area contributed by atoms with Crippen LogP contribution < -0.4 is 0 Å². The van der Waals surface area contributed by atoms with Crippen LogP contribution in [0.1, 0.15) is 26.4 Å². The van der Waals surface area contributed by atoms with E-state index in [1.54, 1.807) is 25.2 Å². The maximum atomic E-state index is 13.5. The number of nitrogens with zero attached hydrogens (tertiary/aromatic N) is 2. The molecule has 6 heteroatoms. The molecule has 0 radical (unpaired) electrons. The van der Waals surface area contributed by atoms with Crippen LogP contribution in [0.3, 0.4) is 0 Å². The van der Waals surface area contributed by atoms with Gasteiger partial charge in [-0.15, -0.1) is 0 Å². The Morgan fingerprint density at radius 2 is 1.95 bits per heavy atom. The van der Waals surface area contributed by atoms with Crippen molar-refractivity contribution in [2.24, 2.45) is 0 Å². The second kappa shape index (κ2) is 6.13. The summed E-state index contributed by atoms with van der Waals surface area (Å²) in [7, 11) is 1.54. The summed E-state index contributed by atoms with van der Waals surface area (Å²) in [5.74, 6) is -1.90. The van der Waals surface area contributed by atoms with Gasteiger partial charge in [0, 0.05) is 25.4 Å². The van der Waals surface area contributed by atoms with Crippen molar-refractivity contribution in [1.29, 1.82) is 0 Å². The van der Waals surface area contributed by atoms with E-state index in [0.29, 0.717) is 5.56 Å². The predicted molar refractivity (Wildman–Crippen MR) is 73.4 cm³/mol. The van der Waals surface area contributed by atoms with Gasteiger partial charge in [-0.2, -0.15) is 0 Å². The molecule has 0 bridgehead atoms. The van der Waals surface area contributed by atoms with Gasteiger partial charge >= 0.3 is 5.97 Å². The molecule has 0 saturated heterocycles. The number of carbonyl (C=O) groups excluding carboxylic acids is 1. The van der Waals surface area contributed by atoms with Crippen LogP contribution in [0.5, 0.6) is 0 Å². The summed E-state index contributed by atoms with van der Waals surface area (Å²) in [5.41, 5.74) is 0.519. The summed E-state index contributed by atoms with van der Waals surface area (Å²) in [6.45, 7) is 0.117. The third-order valence-electron chi connectivity index (χ3n) is 2.94. The smallest absolute Gasteiger partial charge is 0.354 e. The first-order valence-corrected chi connectivity index (χ1v) is 6.17. The lowest BCUT2D eigenvalue weighted by atomic mass is 10.2. The molecule has 2 rings (SSSR count). The Morgan fingerprint density at radius 3 is 2.52 bits per heavy atom. The van der Waals surface area contributed by atoms with Crippen molar-refractivity contribution in [2.75, 3.05) is 7.05 Å². The Kier molecular flexibility index (Phi) is 4.27. The Bertz CT molecular complexity index is 671. The van der Waals surface area contributed by atoms with Gasteiger partial charge in [0.2, 0.25) is 0 Å². The highest BCUT2D eigenvalue weighted by atomic mass is 19.1. The minimum atomic E-state index is -1.16. The standard InChI is InChI=1S/C15H13FN2O3/c1-18(9-11-4-2-3-5-12(11)16)14(19)10-6-7-13(15(20)21)17-8-10/h2-8H,9H2,1H3,(H,20,21). The molecule has 1 aromatic heterocycles. The van der Waals surface area contributed by atoms with Crippen molar-refractivity contribution in [3.8, 4) is 0 Å². The highest BCUT2D eigenvalue weighted by molar-refractivity contribution is 5.94. The summed E-state index contributed by atoms with van der Waals surface area (Å²) >= 11 is 0. The Labute approximate surface area is 120 Å². The van der Waals surface area contributed by atoms with Gasteiger partial charge in [-0.1, -0.05) is 18.2 Å². The molecule has 0 aliphatic rings. The lowest BCUT2D eigenvalue weighted by Gasteiger charge is -2.17. The van der Waals surface area contributed by atoms with E-state index in [-0.39, 0.29) is 29.5 Å². The van der Waals surface area contributed by atoms with Crippen molar-refractivity contribution in [2.45, 2.75) is 6.54 Å². The van der Waals surface area contributed by atoms with E-state index < -0.39 is 5.97 Å². The molecule has 1 amide bonds. The number of halogens is 1. The maximum Gasteiger partial charge on any atom is 0.354 e. The number of aromatic carboxylic acids is 1. The minimum Gasteiger partial charge on any atom is -0.477 e. The van der Waals surface area contributed by atoms with Crippen LogP contribution >= 0.6 is 0 Å². The molecule has 0 unspecified atom stereocenters. The van der Waals surface area contributed by atoms with Gasteiger partial charge in [0.1, 0.15) is 11.5 Å². The normalized spacial score (nSPS) is 10.2. The van der Waals surface area contributed by atoms with E-state index in [2.05, 4.69) is 4.98 Å². The van der Waals surface area contributed by atoms with E-state index >= 15 is 0 Å². The van der Waals surface area contributed by atoms with Gasteiger partial charge in [0.05, 0.1) is 5.56 Å². The van der Waals surface area contributed by atoms with E-state index in [0.717, 1.165) is 0 Å². The summed E-state index contributed by atoms with van der Waals surface area (Å²) in [6.07, 6.45) is 1.20. The molecule has 0 aliphatic carbocycles. The highest BCUT2D eigenvalue weighted by Crippen LogP contribution is 2.11. The summed E-state index contributed by atoms with van der Waals surface area (Å²) < 4.78 is 13.5. The number of pyridine rings is 1. The van der Waals surface area contributed by atoms with Crippen LogP contribution in [-0.4, -0.2) is 33.9 Å². The fourth-order valence-electron chi connectivity index (χ4n) is 1.82. The second-order valence-electron chi connectivity index (χ2n) is 4.49. The number of hydrogen-bond donors (Lipinski definition) is 1. The van der Waals surface area contributed by atoms with Gasteiger partial charge < -0.3 is 10.0 Å². The fourth-order valence-corrected chi connectivity index (χ4v) is 1.82. The molecule has 21 heavy (non-hydrogen) atoms. The third kappa shape index (κ3) is 3.42. The second-order valence-corrected chi connectivity index (χ2v) is 4.49. The third-order valence-corrected chi connectivity index (χ3v) is 2.94. The lowest BCUT2D eigenvalue weighted by Crippen LogP contribution is -2.26. The van der Waals surface area contributed by atoms with E-state index in [1.165, 1.54) is 29.3 Å². The van der Waals surface area contributed by atoms with Gasteiger partial charge in [-0.25, -0.2) is 14.2 Å². The Morgan fingerprint density at radius 1 is 1.24 bits per heavy atom. The number of carboxylic acids is 1. The number of carboxylic acid groups (broad SMARTS) is 1.